The number of rotatable bonds is 4. The SMILES string of the molecule is O=C(COc1ccc(C2=NN(C3=NCCN3)C(=O)CC2)cc1)N1CCCCC1. The van der Waals surface area contributed by atoms with Gasteiger partial charge in [-0.05, 0) is 49.1 Å². The molecule has 3 aliphatic rings. The van der Waals surface area contributed by atoms with E-state index in [1.54, 1.807) is 0 Å². The number of hydrogen-bond donors (Lipinski definition) is 1. The van der Waals surface area contributed by atoms with E-state index < -0.39 is 0 Å². The quantitative estimate of drug-likeness (QED) is 0.851. The van der Waals surface area contributed by atoms with Crippen LogP contribution in [0.15, 0.2) is 34.4 Å². The Hall–Kier alpha value is -2.90. The zero-order chi connectivity index (χ0) is 19.3. The first kappa shape index (κ1) is 18.5. The molecule has 3 aliphatic heterocycles. The van der Waals surface area contributed by atoms with Gasteiger partial charge in [0.05, 0.1) is 12.3 Å². The molecule has 0 aromatic heterocycles. The van der Waals surface area contributed by atoms with E-state index in [4.69, 9.17) is 4.74 Å². The van der Waals surface area contributed by atoms with Gasteiger partial charge in [-0.1, -0.05) is 0 Å². The summed E-state index contributed by atoms with van der Waals surface area (Å²) in [4.78, 5) is 30.5. The fourth-order valence-electron chi connectivity index (χ4n) is 3.58. The smallest absolute Gasteiger partial charge is 0.260 e. The summed E-state index contributed by atoms with van der Waals surface area (Å²) >= 11 is 0. The third kappa shape index (κ3) is 4.16. The number of hydrazone groups is 1. The number of carbonyl (C=O) groups excluding carboxylic acids is 2. The van der Waals surface area contributed by atoms with E-state index in [-0.39, 0.29) is 18.4 Å². The minimum Gasteiger partial charge on any atom is -0.484 e. The van der Waals surface area contributed by atoms with Crippen LogP contribution in [0, 0.1) is 0 Å². The normalized spacial score (nSPS) is 19.8. The molecule has 8 heteroatoms. The summed E-state index contributed by atoms with van der Waals surface area (Å²) in [7, 11) is 0. The van der Waals surface area contributed by atoms with Crippen molar-refractivity contribution in [1.29, 1.82) is 0 Å². The first-order valence-electron chi connectivity index (χ1n) is 9.90. The Bertz CT molecular complexity index is 797. The first-order valence-corrected chi connectivity index (χ1v) is 9.90. The molecular formula is C20H25N5O3. The zero-order valence-corrected chi connectivity index (χ0v) is 15.9. The number of aliphatic imine (C=N–C) groups is 1. The number of nitrogens with zero attached hydrogens (tertiary/aromatic N) is 4. The molecule has 0 unspecified atom stereocenters. The number of piperidine rings is 1. The van der Waals surface area contributed by atoms with Crippen LogP contribution in [-0.4, -0.2) is 66.2 Å². The van der Waals surface area contributed by atoms with E-state index in [9.17, 15) is 9.59 Å². The lowest BCUT2D eigenvalue weighted by Gasteiger charge is -2.26. The van der Waals surface area contributed by atoms with Crippen molar-refractivity contribution in [3.63, 3.8) is 0 Å². The van der Waals surface area contributed by atoms with E-state index in [1.165, 1.54) is 11.4 Å². The van der Waals surface area contributed by atoms with Gasteiger partial charge in [-0.15, -0.1) is 0 Å². The molecular weight excluding hydrogens is 358 g/mol. The van der Waals surface area contributed by atoms with Crippen LogP contribution in [0.1, 0.15) is 37.7 Å². The number of guanidine groups is 1. The number of nitrogens with one attached hydrogen (secondary N) is 1. The van der Waals surface area contributed by atoms with Crippen molar-refractivity contribution >= 4 is 23.5 Å². The van der Waals surface area contributed by atoms with Gasteiger partial charge in [0.15, 0.2) is 6.61 Å². The maximum absolute atomic E-state index is 12.2. The van der Waals surface area contributed by atoms with E-state index in [1.807, 2.05) is 29.2 Å². The highest BCUT2D eigenvalue weighted by molar-refractivity contribution is 6.08. The molecule has 0 bridgehead atoms. The molecule has 3 heterocycles. The van der Waals surface area contributed by atoms with Gasteiger partial charge in [-0.2, -0.15) is 10.1 Å². The van der Waals surface area contributed by atoms with Gasteiger partial charge in [0.1, 0.15) is 5.75 Å². The average Bonchev–Trinajstić information content (AvgIpc) is 3.28. The van der Waals surface area contributed by atoms with Crippen molar-refractivity contribution in [1.82, 2.24) is 15.2 Å². The van der Waals surface area contributed by atoms with Crippen molar-refractivity contribution in [3.8, 4) is 5.75 Å². The van der Waals surface area contributed by atoms with Crippen molar-refractivity contribution < 1.29 is 14.3 Å². The van der Waals surface area contributed by atoms with Gasteiger partial charge in [0.25, 0.3) is 5.91 Å². The second-order valence-corrected chi connectivity index (χ2v) is 7.14. The monoisotopic (exact) mass is 383 g/mol. The number of carbonyl (C=O) groups is 2. The van der Waals surface area contributed by atoms with E-state index >= 15 is 0 Å². The van der Waals surface area contributed by atoms with E-state index in [2.05, 4.69) is 15.4 Å². The zero-order valence-electron chi connectivity index (χ0n) is 15.9. The van der Waals surface area contributed by atoms with Crippen LogP contribution < -0.4 is 10.1 Å². The molecule has 28 heavy (non-hydrogen) atoms. The Morgan fingerprint density at radius 1 is 1.11 bits per heavy atom. The Labute approximate surface area is 164 Å². The van der Waals surface area contributed by atoms with Gasteiger partial charge in [0, 0.05) is 32.5 Å². The van der Waals surface area contributed by atoms with Gasteiger partial charge < -0.3 is 15.0 Å². The summed E-state index contributed by atoms with van der Waals surface area (Å²) in [6.07, 6.45) is 4.34. The lowest BCUT2D eigenvalue weighted by Crippen LogP contribution is -2.42. The number of likely N-dealkylation sites (tertiary alicyclic amines) is 1. The van der Waals surface area contributed by atoms with Gasteiger partial charge in [0.2, 0.25) is 11.9 Å². The second kappa shape index (κ2) is 8.41. The summed E-state index contributed by atoms with van der Waals surface area (Å²) in [6.45, 7) is 3.11. The highest BCUT2D eigenvalue weighted by Gasteiger charge is 2.26. The fraction of sp³-hybridized carbons (Fsp3) is 0.500. The first-order chi connectivity index (χ1) is 13.7. The lowest BCUT2D eigenvalue weighted by molar-refractivity contribution is -0.134. The van der Waals surface area contributed by atoms with Crippen LogP contribution in [0.2, 0.25) is 0 Å². The molecule has 0 radical (unpaired) electrons. The van der Waals surface area contributed by atoms with Crippen molar-refractivity contribution in [3.05, 3.63) is 29.8 Å². The number of hydrogen-bond acceptors (Lipinski definition) is 6. The highest BCUT2D eigenvalue weighted by Crippen LogP contribution is 2.19. The van der Waals surface area contributed by atoms with Gasteiger partial charge in [-0.3, -0.25) is 9.59 Å². The molecule has 1 aromatic carbocycles. The molecule has 0 atom stereocenters. The van der Waals surface area contributed by atoms with Crippen LogP contribution in [0.5, 0.6) is 5.75 Å². The van der Waals surface area contributed by atoms with Crippen LogP contribution in [0.25, 0.3) is 0 Å². The fourth-order valence-corrected chi connectivity index (χ4v) is 3.58. The van der Waals surface area contributed by atoms with E-state index in [0.29, 0.717) is 31.1 Å². The van der Waals surface area contributed by atoms with E-state index in [0.717, 1.165) is 43.8 Å². The summed E-state index contributed by atoms with van der Waals surface area (Å²) < 4.78 is 5.66. The number of benzene rings is 1. The Balaban J connectivity index is 1.38. The number of ether oxygens (including phenoxy) is 1. The van der Waals surface area contributed by atoms with Gasteiger partial charge >= 0.3 is 0 Å². The molecule has 0 aliphatic carbocycles. The van der Waals surface area contributed by atoms with Crippen LogP contribution in [-0.2, 0) is 9.59 Å². The summed E-state index contributed by atoms with van der Waals surface area (Å²) in [5.41, 5.74) is 1.78. The second-order valence-electron chi connectivity index (χ2n) is 7.14. The third-order valence-electron chi connectivity index (χ3n) is 5.15. The molecule has 1 saturated heterocycles. The predicted molar refractivity (Wildman–Crippen MR) is 105 cm³/mol. The largest absolute Gasteiger partial charge is 0.484 e. The summed E-state index contributed by atoms with van der Waals surface area (Å²) in [5.74, 6) is 1.17. The van der Waals surface area contributed by atoms with Crippen LogP contribution >= 0.6 is 0 Å². The van der Waals surface area contributed by atoms with Gasteiger partial charge in [-0.25, -0.2) is 4.99 Å². The minimum atomic E-state index is -0.0481. The van der Waals surface area contributed by atoms with Crippen LogP contribution in [0.3, 0.4) is 0 Å². The molecule has 1 fully saturated rings. The Morgan fingerprint density at radius 3 is 2.61 bits per heavy atom. The maximum atomic E-state index is 12.2. The summed E-state index contributed by atoms with van der Waals surface area (Å²) in [5, 5.41) is 8.94. The molecule has 0 spiro atoms. The molecule has 4 rings (SSSR count). The molecule has 148 valence electrons. The Kier molecular flexibility index (Phi) is 5.55. The maximum Gasteiger partial charge on any atom is 0.260 e. The minimum absolute atomic E-state index is 0.0411. The van der Waals surface area contributed by atoms with Crippen molar-refractivity contribution in [2.75, 3.05) is 32.8 Å². The van der Waals surface area contributed by atoms with Crippen molar-refractivity contribution in [2.24, 2.45) is 10.1 Å². The highest BCUT2D eigenvalue weighted by atomic mass is 16.5. The molecule has 2 amide bonds. The third-order valence-corrected chi connectivity index (χ3v) is 5.15. The van der Waals surface area contributed by atoms with Crippen molar-refractivity contribution in [2.45, 2.75) is 32.1 Å². The number of amides is 2. The summed E-state index contributed by atoms with van der Waals surface area (Å²) in [6, 6.07) is 7.51. The standard InChI is InChI=1S/C20H25N5O3/c26-18-9-8-17(23-25(18)20-21-10-11-22-20)15-4-6-16(7-5-15)28-14-19(27)24-12-2-1-3-13-24/h4-7H,1-3,8-14H2,(H,21,22). The molecule has 1 aromatic rings. The molecule has 1 N–H and O–H groups in total. The molecule has 0 saturated carbocycles. The molecule has 8 nitrogen and oxygen atoms in total. The Morgan fingerprint density at radius 2 is 1.89 bits per heavy atom. The average molecular weight is 383 g/mol. The lowest BCUT2D eigenvalue weighted by atomic mass is 10.0. The predicted octanol–water partition coefficient (Wildman–Crippen LogP) is 1.36. The van der Waals surface area contributed by atoms with Crippen LogP contribution in [0.4, 0.5) is 0 Å². The topological polar surface area (TPSA) is 86.6 Å².